The summed E-state index contributed by atoms with van der Waals surface area (Å²) in [5.41, 5.74) is 6.87. The van der Waals surface area contributed by atoms with Gasteiger partial charge < -0.3 is 15.8 Å². The maximum atomic E-state index is 12.3. The Morgan fingerprint density at radius 3 is 3.05 bits per heavy atom. The number of benzene rings is 1. The predicted molar refractivity (Wildman–Crippen MR) is 85.5 cm³/mol. The molecule has 0 spiro atoms. The first-order valence-electron chi connectivity index (χ1n) is 7.10. The van der Waals surface area contributed by atoms with Crippen LogP contribution < -0.4 is 11.1 Å². The lowest BCUT2D eigenvalue weighted by molar-refractivity contribution is -0.120. The van der Waals surface area contributed by atoms with Crippen LogP contribution >= 0.6 is 11.6 Å². The van der Waals surface area contributed by atoms with Crippen LogP contribution in [0.25, 0.3) is 0 Å². The molecule has 1 amide bonds. The number of hydrogen-bond acceptors (Lipinski definition) is 4. The molecule has 5 nitrogen and oxygen atoms in total. The molecule has 0 aromatic heterocycles. The first-order valence-corrected chi connectivity index (χ1v) is 7.48. The summed E-state index contributed by atoms with van der Waals surface area (Å²) in [6.07, 6.45) is 1.07. The molecule has 1 fully saturated rings. The average Bonchev–Trinajstić information content (AvgIpc) is 2.91. The number of nitrogens with zero attached hydrogens (tertiary/aromatic N) is 1. The Hall–Kier alpha value is -1.30. The van der Waals surface area contributed by atoms with Crippen LogP contribution in [0, 0.1) is 5.92 Å². The number of likely N-dealkylation sites (tertiary alicyclic amines) is 1. The zero-order valence-corrected chi connectivity index (χ0v) is 13.2. The second-order valence-corrected chi connectivity index (χ2v) is 5.91. The van der Waals surface area contributed by atoms with E-state index in [-0.39, 0.29) is 11.9 Å². The Morgan fingerprint density at radius 2 is 2.38 bits per heavy atom. The number of halogens is 1. The number of anilines is 2. The fourth-order valence-corrected chi connectivity index (χ4v) is 2.74. The molecule has 116 valence electrons. The number of nitrogens with two attached hydrogens (primary N) is 1. The quantitative estimate of drug-likeness (QED) is 0.818. The van der Waals surface area contributed by atoms with Crippen LogP contribution in [0.1, 0.15) is 13.3 Å². The minimum atomic E-state index is -0.177. The van der Waals surface area contributed by atoms with Crippen LogP contribution in [0.2, 0.25) is 5.02 Å². The Bertz CT molecular complexity index is 510. The van der Waals surface area contributed by atoms with Crippen molar-refractivity contribution in [1.29, 1.82) is 0 Å². The summed E-state index contributed by atoms with van der Waals surface area (Å²) >= 11 is 5.87. The predicted octanol–water partition coefficient (Wildman–Crippen LogP) is 2.22. The number of hydrogen-bond donors (Lipinski definition) is 2. The molecule has 0 bridgehead atoms. The van der Waals surface area contributed by atoms with Crippen LogP contribution in [0.3, 0.4) is 0 Å². The van der Waals surface area contributed by atoms with Crippen LogP contribution in [-0.2, 0) is 9.53 Å². The fourth-order valence-electron chi connectivity index (χ4n) is 2.62. The van der Waals surface area contributed by atoms with Crippen molar-refractivity contribution in [3.8, 4) is 0 Å². The molecule has 6 heteroatoms. The van der Waals surface area contributed by atoms with Gasteiger partial charge in [-0.1, -0.05) is 11.6 Å². The van der Waals surface area contributed by atoms with Gasteiger partial charge in [0.1, 0.15) is 0 Å². The summed E-state index contributed by atoms with van der Waals surface area (Å²) in [6.45, 7) is 4.49. The van der Waals surface area contributed by atoms with Crippen molar-refractivity contribution in [2.75, 3.05) is 37.9 Å². The second-order valence-electron chi connectivity index (χ2n) is 5.51. The maximum absolute atomic E-state index is 12.3. The third kappa shape index (κ3) is 4.09. The average molecular weight is 312 g/mol. The first-order chi connectivity index (χ1) is 10.0. The van der Waals surface area contributed by atoms with Crippen LogP contribution in [0.15, 0.2) is 18.2 Å². The molecule has 1 heterocycles. The monoisotopic (exact) mass is 311 g/mol. The van der Waals surface area contributed by atoms with E-state index in [0.717, 1.165) is 26.1 Å². The number of carbonyl (C=O) groups excluding carboxylic acids is 1. The van der Waals surface area contributed by atoms with E-state index in [9.17, 15) is 4.79 Å². The number of nitrogens with one attached hydrogen (secondary N) is 1. The molecular formula is C15H22ClN3O2. The molecule has 1 saturated heterocycles. The second kappa shape index (κ2) is 7.11. The highest BCUT2D eigenvalue weighted by molar-refractivity contribution is 6.33. The molecule has 0 radical (unpaired) electrons. The molecule has 2 atom stereocenters. The minimum Gasteiger partial charge on any atom is -0.397 e. The lowest BCUT2D eigenvalue weighted by Gasteiger charge is -2.23. The molecule has 1 aromatic rings. The molecule has 3 N–H and O–H groups in total. The Morgan fingerprint density at radius 1 is 1.62 bits per heavy atom. The summed E-state index contributed by atoms with van der Waals surface area (Å²) in [4.78, 5) is 14.5. The van der Waals surface area contributed by atoms with E-state index in [1.807, 2.05) is 6.92 Å². The van der Waals surface area contributed by atoms with Crippen molar-refractivity contribution in [2.45, 2.75) is 19.4 Å². The SMILES string of the molecule is COCC1CCN(C(C)C(=O)Nc2ccc(Cl)c(N)c2)C1. The van der Waals surface area contributed by atoms with E-state index < -0.39 is 0 Å². The molecule has 1 aromatic carbocycles. The summed E-state index contributed by atoms with van der Waals surface area (Å²) in [5.74, 6) is 0.478. The van der Waals surface area contributed by atoms with Crippen molar-refractivity contribution in [3.63, 3.8) is 0 Å². The van der Waals surface area contributed by atoms with Crippen molar-refractivity contribution in [1.82, 2.24) is 4.90 Å². The van der Waals surface area contributed by atoms with Gasteiger partial charge in [0.25, 0.3) is 0 Å². The number of amides is 1. The summed E-state index contributed by atoms with van der Waals surface area (Å²) in [6, 6.07) is 4.93. The lowest BCUT2D eigenvalue weighted by atomic mass is 10.1. The molecule has 0 aliphatic carbocycles. The highest BCUT2D eigenvalue weighted by Gasteiger charge is 2.29. The number of ether oxygens (including phenoxy) is 1. The minimum absolute atomic E-state index is 0.0326. The van der Waals surface area contributed by atoms with E-state index in [1.165, 1.54) is 0 Å². The highest BCUT2D eigenvalue weighted by Crippen LogP contribution is 2.23. The molecule has 21 heavy (non-hydrogen) atoms. The molecule has 1 aliphatic rings. The Labute approximate surface area is 130 Å². The zero-order valence-electron chi connectivity index (χ0n) is 12.4. The molecule has 1 aliphatic heterocycles. The van der Waals surface area contributed by atoms with Crippen molar-refractivity contribution in [2.24, 2.45) is 5.92 Å². The van der Waals surface area contributed by atoms with Gasteiger partial charge in [-0.2, -0.15) is 0 Å². The maximum Gasteiger partial charge on any atom is 0.241 e. The van der Waals surface area contributed by atoms with Gasteiger partial charge in [-0.3, -0.25) is 9.69 Å². The molecular weight excluding hydrogens is 290 g/mol. The smallest absolute Gasteiger partial charge is 0.241 e. The van der Waals surface area contributed by atoms with Crippen molar-refractivity contribution >= 4 is 28.9 Å². The number of carbonyl (C=O) groups is 1. The summed E-state index contributed by atoms with van der Waals surface area (Å²) in [7, 11) is 1.71. The van der Waals surface area contributed by atoms with E-state index in [4.69, 9.17) is 22.1 Å². The number of methoxy groups -OCH3 is 1. The number of rotatable bonds is 5. The Kier molecular flexibility index (Phi) is 5.45. The van der Waals surface area contributed by atoms with Crippen LogP contribution in [0.5, 0.6) is 0 Å². The van der Waals surface area contributed by atoms with Crippen molar-refractivity contribution < 1.29 is 9.53 Å². The lowest BCUT2D eigenvalue weighted by Crippen LogP contribution is -2.40. The summed E-state index contributed by atoms with van der Waals surface area (Å²) in [5, 5.41) is 3.37. The highest BCUT2D eigenvalue weighted by atomic mass is 35.5. The summed E-state index contributed by atoms with van der Waals surface area (Å²) < 4.78 is 5.18. The number of nitrogen functional groups attached to an aromatic ring is 1. The van der Waals surface area contributed by atoms with E-state index in [2.05, 4.69) is 10.2 Å². The fraction of sp³-hybridized carbons (Fsp3) is 0.533. The van der Waals surface area contributed by atoms with Gasteiger partial charge in [0.15, 0.2) is 0 Å². The van der Waals surface area contributed by atoms with Crippen molar-refractivity contribution in [3.05, 3.63) is 23.2 Å². The van der Waals surface area contributed by atoms with Gasteiger partial charge in [-0.15, -0.1) is 0 Å². The topological polar surface area (TPSA) is 67.6 Å². The standard InChI is InChI=1S/C15H22ClN3O2/c1-10(19-6-5-11(8-19)9-21-2)15(20)18-12-3-4-13(16)14(17)7-12/h3-4,7,10-11H,5-6,8-9,17H2,1-2H3,(H,18,20). The van der Waals surface area contributed by atoms with E-state index in [0.29, 0.717) is 22.3 Å². The van der Waals surface area contributed by atoms with Gasteiger partial charge in [0.05, 0.1) is 23.4 Å². The van der Waals surface area contributed by atoms with Gasteiger partial charge in [-0.25, -0.2) is 0 Å². The van der Waals surface area contributed by atoms with E-state index >= 15 is 0 Å². The van der Waals surface area contributed by atoms with Crippen LogP contribution in [-0.4, -0.2) is 43.7 Å². The van der Waals surface area contributed by atoms with Gasteiger partial charge in [0.2, 0.25) is 5.91 Å². The van der Waals surface area contributed by atoms with Gasteiger partial charge in [0, 0.05) is 19.3 Å². The van der Waals surface area contributed by atoms with Gasteiger partial charge >= 0.3 is 0 Å². The van der Waals surface area contributed by atoms with Crippen LogP contribution in [0.4, 0.5) is 11.4 Å². The zero-order chi connectivity index (χ0) is 15.4. The molecule has 0 saturated carbocycles. The van der Waals surface area contributed by atoms with Gasteiger partial charge in [-0.05, 0) is 44.0 Å². The molecule has 2 rings (SSSR count). The normalized spacial score (nSPS) is 20.4. The Balaban J connectivity index is 1.92. The molecule has 2 unspecified atom stereocenters. The largest absolute Gasteiger partial charge is 0.397 e. The third-order valence-electron chi connectivity index (χ3n) is 3.91. The van der Waals surface area contributed by atoms with E-state index in [1.54, 1.807) is 25.3 Å². The first kappa shape index (κ1) is 16.1. The third-order valence-corrected chi connectivity index (χ3v) is 4.25.